The van der Waals surface area contributed by atoms with Crippen molar-refractivity contribution in [3.05, 3.63) is 0 Å². The van der Waals surface area contributed by atoms with Crippen molar-refractivity contribution < 1.29 is 0 Å². The van der Waals surface area contributed by atoms with Gasteiger partial charge in [0.1, 0.15) is 0 Å². The van der Waals surface area contributed by atoms with Crippen LogP contribution in [-0.4, -0.2) is 30.6 Å². The van der Waals surface area contributed by atoms with E-state index >= 15 is 0 Å². The molecule has 4 unspecified atom stereocenters. The predicted octanol–water partition coefficient (Wildman–Crippen LogP) is 0.636. The Kier molecular flexibility index (Phi) is 1.97. The summed E-state index contributed by atoms with van der Waals surface area (Å²) in [5.74, 6) is 0.484. The topological polar surface area (TPSA) is 50.7 Å². The predicted molar refractivity (Wildman–Crippen MR) is 50.9 cm³/mol. The molecule has 1 heterocycles. The van der Waals surface area contributed by atoms with Crippen molar-refractivity contribution in [3.63, 3.8) is 0 Å². The number of nitrogens with zero attached hydrogens (tertiary/aromatic N) is 2. The maximum atomic E-state index is 5.96. The fourth-order valence-electron chi connectivity index (χ4n) is 2.09. The highest BCUT2D eigenvalue weighted by atomic mass is 15.0. The number of hydrogen-bond donors (Lipinski definition) is 1. The zero-order valence-corrected chi connectivity index (χ0v) is 7.35. The van der Waals surface area contributed by atoms with E-state index in [1.807, 2.05) is 6.21 Å². The van der Waals surface area contributed by atoms with Gasteiger partial charge in [-0.05, 0) is 18.8 Å². The molecule has 2 N–H and O–H groups in total. The van der Waals surface area contributed by atoms with Crippen LogP contribution in [0.5, 0.6) is 0 Å². The van der Waals surface area contributed by atoms with Crippen LogP contribution in [0.3, 0.4) is 0 Å². The second-order valence-corrected chi connectivity index (χ2v) is 3.75. The zero-order valence-electron chi connectivity index (χ0n) is 7.35. The van der Waals surface area contributed by atoms with Crippen LogP contribution in [0.1, 0.15) is 19.8 Å². The first kappa shape index (κ1) is 7.92. The van der Waals surface area contributed by atoms with E-state index < -0.39 is 0 Å². The molecule has 0 aromatic rings. The Labute approximate surface area is 72.8 Å². The summed E-state index contributed by atoms with van der Waals surface area (Å²) in [5.41, 5.74) is 5.96. The summed E-state index contributed by atoms with van der Waals surface area (Å²) in [6.07, 6.45) is 5.81. The molecular weight excluding hydrogens is 150 g/mol. The second kappa shape index (κ2) is 2.98. The number of fused-ring (bicyclic) bond motifs is 1. The molecule has 0 spiro atoms. The van der Waals surface area contributed by atoms with E-state index in [0.717, 1.165) is 12.8 Å². The van der Waals surface area contributed by atoms with E-state index in [-0.39, 0.29) is 0 Å². The molecule has 0 aromatic heterocycles. The number of hydrogen-bond acceptors (Lipinski definition) is 3. The highest BCUT2D eigenvalue weighted by Gasteiger charge is 2.34. The third-order valence-corrected chi connectivity index (χ3v) is 3.01. The van der Waals surface area contributed by atoms with E-state index in [0.29, 0.717) is 24.0 Å². The summed E-state index contributed by atoms with van der Waals surface area (Å²) in [6, 6.07) is 1.07. The highest BCUT2D eigenvalue weighted by molar-refractivity contribution is 6.16. The van der Waals surface area contributed by atoms with Gasteiger partial charge in [-0.25, -0.2) is 0 Å². The van der Waals surface area contributed by atoms with E-state index in [2.05, 4.69) is 16.9 Å². The van der Waals surface area contributed by atoms with Crippen LogP contribution in [0.25, 0.3) is 0 Å². The van der Waals surface area contributed by atoms with Crippen molar-refractivity contribution in [2.75, 3.05) is 0 Å². The van der Waals surface area contributed by atoms with Gasteiger partial charge in [0.05, 0.1) is 12.1 Å². The molecule has 1 saturated carbocycles. The number of nitrogens with two attached hydrogens (primary N) is 1. The Morgan fingerprint density at radius 3 is 2.83 bits per heavy atom. The zero-order chi connectivity index (χ0) is 8.55. The lowest BCUT2D eigenvalue weighted by Gasteiger charge is -2.36. The molecule has 0 amide bonds. The summed E-state index contributed by atoms with van der Waals surface area (Å²) in [5, 5.41) is 0. The lowest BCUT2D eigenvalue weighted by atomic mass is 9.79. The molecule has 0 bridgehead atoms. The van der Waals surface area contributed by atoms with Crippen molar-refractivity contribution in [1.82, 2.24) is 0 Å². The molecule has 66 valence electrons. The summed E-state index contributed by atoms with van der Waals surface area (Å²) >= 11 is 0. The molecule has 1 fully saturated rings. The standard InChI is InChI=1S/C9H15N3/c1-6-7(10)2-3-8-9(6)12-5-4-11-8/h4-9H,2-3,10H2,1H3. The minimum absolute atomic E-state index is 0.316. The molecule has 3 heteroatoms. The quantitative estimate of drug-likeness (QED) is 0.562. The minimum atomic E-state index is 0.316. The van der Waals surface area contributed by atoms with E-state index in [1.165, 1.54) is 0 Å². The third-order valence-electron chi connectivity index (χ3n) is 3.01. The van der Waals surface area contributed by atoms with Crippen LogP contribution in [0.2, 0.25) is 0 Å². The molecule has 1 aliphatic heterocycles. The molecular formula is C9H15N3. The van der Waals surface area contributed by atoms with Gasteiger partial charge < -0.3 is 5.73 Å². The van der Waals surface area contributed by atoms with Crippen LogP contribution >= 0.6 is 0 Å². The van der Waals surface area contributed by atoms with E-state index in [9.17, 15) is 0 Å². The molecule has 3 nitrogen and oxygen atoms in total. The van der Waals surface area contributed by atoms with Crippen LogP contribution in [-0.2, 0) is 0 Å². The highest BCUT2D eigenvalue weighted by Crippen LogP contribution is 2.28. The summed E-state index contributed by atoms with van der Waals surface area (Å²) in [6.45, 7) is 2.18. The summed E-state index contributed by atoms with van der Waals surface area (Å²) in [4.78, 5) is 8.83. The van der Waals surface area contributed by atoms with Crippen molar-refractivity contribution in [3.8, 4) is 0 Å². The summed E-state index contributed by atoms with van der Waals surface area (Å²) in [7, 11) is 0. The van der Waals surface area contributed by atoms with Gasteiger partial charge in [-0.15, -0.1) is 0 Å². The fourth-order valence-corrected chi connectivity index (χ4v) is 2.09. The average Bonchev–Trinajstić information content (AvgIpc) is 2.12. The monoisotopic (exact) mass is 165 g/mol. The summed E-state index contributed by atoms with van der Waals surface area (Å²) < 4.78 is 0. The third kappa shape index (κ3) is 1.18. The Bertz CT molecular complexity index is 222. The van der Waals surface area contributed by atoms with Gasteiger partial charge in [-0.2, -0.15) is 0 Å². The smallest absolute Gasteiger partial charge is 0.0763 e. The molecule has 4 atom stereocenters. The largest absolute Gasteiger partial charge is 0.327 e. The Hall–Kier alpha value is -0.700. The van der Waals surface area contributed by atoms with E-state index in [1.54, 1.807) is 6.21 Å². The van der Waals surface area contributed by atoms with Crippen LogP contribution in [0, 0.1) is 5.92 Å². The number of aliphatic imine (C=N–C) groups is 2. The molecule has 2 aliphatic rings. The van der Waals surface area contributed by atoms with Gasteiger partial charge in [-0.1, -0.05) is 6.92 Å². The van der Waals surface area contributed by atoms with Crippen molar-refractivity contribution in [2.45, 2.75) is 37.9 Å². The van der Waals surface area contributed by atoms with E-state index in [4.69, 9.17) is 5.73 Å². The Balaban J connectivity index is 2.15. The van der Waals surface area contributed by atoms with Crippen LogP contribution in [0.4, 0.5) is 0 Å². The maximum Gasteiger partial charge on any atom is 0.0763 e. The van der Waals surface area contributed by atoms with Gasteiger partial charge in [0.2, 0.25) is 0 Å². The average molecular weight is 165 g/mol. The molecule has 0 saturated heterocycles. The van der Waals surface area contributed by atoms with Crippen molar-refractivity contribution >= 4 is 12.4 Å². The lowest BCUT2D eigenvalue weighted by Crippen LogP contribution is -2.46. The SMILES string of the molecule is CC1C(N)CCC2N=CC=NC21. The first-order chi connectivity index (χ1) is 5.79. The normalized spacial score (nSPS) is 45.8. The van der Waals surface area contributed by atoms with Crippen molar-refractivity contribution in [1.29, 1.82) is 0 Å². The Morgan fingerprint density at radius 1 is 1.25 bits per heavy atom. The fraction of sp³-hybridized carbons (Fsp3) is 0.778. The molecule has 12 heavy (non-hydrogen) atoms. The Morgan fingerprint density at radius 2 is 2.00 bits per heavy atom. The maximum absolute atomic E-state index is 5.96. The van der Waals surface area contributed by atoms with Crippen LogP contribution < -0.4 is 5.73 Å². The van der Waals surface area contributed by atoms with Crippen molar-refractivity contribution in [2.24, 2.45) is 21.6 Å². The van der Waals surface area contributed by atoms with Gasteiger partial charge in [0.15, 0.2) is 0 Å². The lowest BCUT2D eigenvalue weighted by molar-refractivity contribution is 0.258. The van der Waals surface area contributed by atoms with Gasteiger partial charge in [0.25, 0.3) is 0 Å². The molecule has 1 aliphatic carbocycles. The molecule has 0 radical (unpaired) electrons. The van der Waals surface area contributed by atoms with Gasteiger partial charge >= 0.3 is 0 Å². The number of rotatable bonds is 0. The minimum Gasteiger partial charge on any atom is -0.327 e. The first-order valence-corrected chi connectivity index (χ1v) is 4.59. The van der Waals surface area contributed by atoms with Gasteiger partial charge in [0, 0.05) is 18.5 Å². The van der Waals surface area contributed by atoms with Crippen LogP contribution in [0.15, 0.2) is 9.98 Å². The van der Waals surface area contributed by atoms with Gasteiger partial charge in [-0.3, -0.25) is 9.98 Å². The first-order valence-electron chi connectivity index (χ1n) is 4.59. The molecule has 0 aromatic carbocycles. The second-order valence-electron chi connectivity index (χ2n) is 3.75. The molecule has 2 rings (SSSR count).